The second kappa shape index (κ2) is 8.79. The highest BCUT2D eigenvalue weighted by Gasteiger charge is 2.27. The van der Waals surface area contributed by atoms with Gasteiger partial charge in [0.2, 0.25) is 5.91 Å². The number of hydrogen-bond donors (Lipinski definition) is 1. The van der Waals surface area contributed by atoms with Crippen LogP contribution in [0.4, 0.5) is 5.69 Å². The second-order valence-electron chi connectivity index (χ2n) is 8.45. The van der Waals surface area contributed by atoms with Crippen LogP contribution in [-0.2, 0) is 17.8 Å². The van der Waals surface area contributed by atoms with Crippen molar-refractivity contribution in [1.29, 1.82) is 0 Å². The Bertz CT molecular complexity index is 1170. The lowest BCUT2D eigenvalue weighted by molar-refractivity contribution is -0.117. The summed E-state index contributed by atoms with van der Waals surface area (Å²) in [5.74, 6) is -0.00876. The largest absolute Gasteiger partial charge is 0.345 e. The molecule has 1 aliphatic heterocycles. The van der Waals surface area contributed by atoms with Gasteiger partial charge in [-0.05, 0) is 61.6 Å². The van der Waals surface area contributed by atoms with E-state index in [1.807, 2.05) is 53.3 Å². The van der Waals surface area contributed by atoms with Crippen molar-refractivity contribution >= 4 is 29.1 Å². The van der Waals surface area contributed by atoms with E-state index < -0.39 is 0 Å². The molecule has 7 heteroatoms. The maximum atomic E-state index is 13.1. The Morgan fingerprint density at radius 3 is 2.81 bits per heavy atom. The molecule has 0 spiro atoms. The zero-order valence-electron chi connectivity index (χ0n) is 17.8. The first-order valence-corrected chi connectivity index (χ1v) is 11.5. The van der Waals surface area contributed by atoms with Crippen LogP contribution >= 0.6 is 11.6 Å². The molecule has 0 radical (unpaired) electrons. The van der Waals surface area contributed by atoms with Crippen LogP contribution in [0.15, 0.2) is 54.7 Å². The number of hydrogen-bond acceptors (Lipinski definition) is 3. The summed E-state index contributed by atoms with van der Waals surface area (Å²) in [7, 11) is 0. The van der Waals surface area contributed by atoms with E-state index in [0.29, 0.717) is 30.1 Å². The minimum atomic E-state index is -0.126. The molecule has 32 heavy (non-hydrogen) atoms. The fourth-order valence-electron chi connectivity index (χ4n) is 4.69. The number of aromatic nitrogens is 2. The zero-order valence-corrected chi connectivity index (χ0v) is 18.5. The zero-order chi connectivity index (χ0) is 22.1. The summed E-state index contributed by atoms with van der Waals surface area (Å²) in [5, 5.41) is 8.51. The topological polar surface area (TPSA) is 67.2 Å². The number of carbonyl (C=O) groups excluding carboxylic acids is 2. The second-order valence-corrected chi connectivity index (χ2v) is 8.89. The van der Waals surface area contributed by atoms with Crippen molar-refractivity contribution in [2.75, 3.05) is 11.4 Å². The van der Waals surface area contributed by atoms with E-state index in [-0.39, 0.29) is 17.9 Å². The van der Waals surface area contributed by atoms with Gasteiger partial charge in [-0.2, -0.15) is 5.10 Å². The molecule has 2 aromatic carbocycles. The van der Waals surface area contributed by atoms with E-state index in [4.69, 9.17) is 11.6 Å². The van der Waals surface area contributed by atoms with E-state index in [0.717, 1.165) is 48.2 Å². The van der Waals surface area contributed by atoms with E-state index >= 15 is 0 Å². The first kappa shape index (κ1) is 20.8. The first-order valence-electron chi connectivity index (χ1n) is 11.1. The molecule has 1 N–H and O–H groups in total. The average Bonchev–Trinajstić information content (AvgIpc) is 3.41. The van der Waals surface area contributed by atoms with Gasteiger partial charge in [0.15, 0.2) is 0 Å². The van der Waals surface area contributed by atoms with Crippen molar-refractivity contribution in [2.45, 2.75) is 44.7 Å². The number of amides is 2. The SMILES string of the molecule is O=C(N[C@H]1CCCc2c1cnn2Cc1cccc(Cl)c1)c1cccc(N2CCCC2=O)c1. The summed E-state index contributed by atoms with van der Waals surface area (Å²) in [4.78, 5) is 26.9. The predicted molar refractivity (Wildman–Crippen MR) is 124 cm³/mol. The maximum absolute atomic E-state index is 13.1. The molecule has 164 valence electrons. The maximum Gasteiger partial charge on any atom is 0.251 e. The van der Waals surface area contributed by atoms with Crippen LogP contribution in [-0.4, -0.2) is 28.1 Å². The minimum absolute atomic E-state index is 0.0727. The molecule has 0 unspecified atom stereocenters. The molecular weight excluding hydrogens is 424 g/mol. The number of halogens is 1. The van der Waals surface area contributed by atoms with E-state index in [2.05, 4.69) is 10.4 Å². The van der Waals surface area contributed by atoms with Crippen LogP contribution in [0.2, 0.25) is 5.02 Å². The van der Waals surface area contributed by atoms with Crippen molar-refractivity contribution in [3.05, 3.63) is 82.1 Å². The van der Waals surface area contributed by atoms with Gasteiger partial charge in [-0.1, -0.05) is 29.8 Å². The summed E-state index contributed by atoms with van der Waals surface area (Å²) >= 11 is 6.13. The number of rotatable bonds is 5. The standard InChI is InChI=1S/C25H25ClN4O2/c26-19-7-1-5-17(13-19)16-30-23-10-3-9-22(21(23)15-27-30)28-25(32)18-6-2-8-20(14-18)29-12-4-11-24(29)31/h1-2,5-8,13-15,22H,3-4,9-12,16H2,(H,28,32)/t22-/m0/s1. The van der Waals surface area contributed by atoms with Gasteiger partial charge in [0.25, 0.3) is 5.91 Å². The minimum Gasteiger partial charge on any atom is -0.345 e. The number of nitrogens with zero attached hydrogens (tertiary/aromatic N) is 3. The van der Waals surface area contributed by atoms with Crippen molar-refractivity contribution in [3.8, 4) is 0 Å². The highest BCUT2D eigenvalue weighted by molar-refractivity contribution is 6.30. The van der Waals surface area contributed by atoms with Crippen molar-refractivity contribution in [1.82, 2.24) is 15.1 Å². The fourth-order valence-corrected chi connectivity index (χ4v) is 4.90. The van der Waals surface area contributed by atoms with E-state index in [9.17, 15) is 9.59 Å². The van der Waals surface area contributed by atoms with Gasteiger partial charge in [0.1, 0.15) is 0 Å². The number of anilines is 1. The molecule has 2 aliphatic rings. The van der Waals surface area contributed by atoms with Crippen molar-refractivity contribution in [2.24, 2.45) is 0 Å². The molecule has 0 bridgehead atoms. The lowest BCUT2D eigenvalue weighted by Gasteiger charge is -2.24. The predicted octanol–water partition coefficient (Wildman–Crippen LogP) is 4.52. The van der Waals surface area contributed by atoms with Gasteiger partial charge < -0.3 is 10.2 Å². The lowest BCUT2D eigenvalue weighted by Crippen LogP contribution is -2.31. The molecule has 1 atom stereocenters. The number of benzene rings is 2. The Kier molecular flexibility index (Phi) is 5.70. The highest BCUT2D eigenvalue weighted by atomic mass is 35.5. The Balaban J connectivity index is 1.33. The summed E-state index contributed by atoms with van der Waals surface area (Å²) in [5.41, 5.74) is 4.71. The van der Waals surface area contributed by atoms with Gasteiger partial charge in [0.05, 0.1) is 18.8 Å². The van der Waals surface area contributed by atoms with Crippen molar-refractivity contribution in [3.63, 3.8) is 0 Å². The molecule has 0 saturated carbocycles. The Hall–Kier alpha value is -3.12. The smallest absolute Gasteiger partial charge is 0.251 e. The van der Waals surface area contributed by atoms with Gasteiger partial charge in [-0.3, -0.25) is 14.3 Å². The van der Waals surface area contributed by atoms with Gasteiger partial charge >= 0.3 is 0 Å². The third-order valence-corrected chi connectivity index (χ3v) is 6.52. The monoisotopic (exact) mass is 448 g/mol. The van der Waals surface area contributed by atoms with Gasteiger partial charge in [-0.25, -0.2) is 0 Å². The summed E-state index contributed by atoms with van der Waals surface area (Å²) in [6.45, 7) is 1.37. The Morgan fingerprint density at radius 1 is 1.12 bits per heavy atom. The average molecular weight is 449 g/mol. The van der Waals surface area contributed by atoms with Gasteiger partial charge in [-0.15, -0.1) is 0 Å². The van der Waals surface area contributed by atoms with E-state index in [1.54, 1.807) is 11.0 Å². The van der Waals surface area contributed by atoms with Gasteiger partial charge in [0, 0.05) is 40.5 Å². The van der Waals surface area contributed by atoms with E-state index in [1.165, 1.54) is 0 Å². The van der Waals surface area contributed by atoms with Crippen LogP contribution in [0.25, 0.3) is 0 Å². The molecule has 1 aliphatic carbocycles. The first-order chi connectivity index (χ1) is 15.6. The molecule has 2 heterocycles. The molecule has 1 fully saturated rings. The number of carbonyl (C=O) groups is 2. The molecule has 1 aromatic heterocycles. The summed E-state index contributed by atoms with van der Waals surface area (Å²) in [6.07, 6.45) is 6.12. The molecule has 1 saturated heterocycles. The van der Waals surface area contributed by atoms with Crippen LogP contribution in [0.3, 0.4) is 0 Å². The van der Waals surface area contributed by atoms with Crippen LogP contribution in [0, 0.1) is 0 Å². The summed E-state index contributed by atoms with van der Waals surface area (Å²) in [6, 6.07) is 15.1. The number of fused-ring (bicyclic) bond motifs is 1. The third-order valence-electron chi connectivity index (χ3n) is 6.28. The Labute approximate surface area is 192 Å². The van der Waals surface area contributed by atoms with Crippen LogP contribution in [0.1, 0.15) is 58.9 Å². The normalized spacial score (nSPS) is 18.0. The van der Waals surface area contributed by atoms with Crippen LogP contribution in [0.5, 0.6) is 0 Å². The third kappa shape index (κ3) is 4.15. The molecule has 5 rings (SSSR count). The molecule has 2 amide bonds. The fraction of sp³-hybridized carbons (Fsp3) is 0.320. The molecule has 6 nitrogen and oxygen atoms in total. The van der Waals surface area contributed by atoms with Crippen LogP contribution < -0.4 is 10.2 Å². The highest BCUT2D eigenvalue weighted by Crippen LogP contribution is 2.31. The molecular formula is C25H25ClN4O2. The molecule has 3 aromatic rings. The van der Waals surface area contributed by atoms with Crippen molar-refractivity contribution < 1.29 is 9.59 Å². The number of nitrogens with one attached hydrogen (secondary N) is 1. The summed E-state index contributed by atoms with van der Waals surface area (Å²) < 4.78 is 2.01. The lowest BCUT2D eigenvalue weighted by atomic mass is 9.92. The quantitative estimate of drug-likeness (QED) is 0.624. The Morgan fingerprint density at radius 2 is 2.00 bits per heavy atom.